The van der Waals surface area contributed by atoms with Gasteiger partial charge in [0, 0.05) is 12.1 Å². The van der Waals surface area contributed by atoms with Crippen LogP contribution in [0.25, 0.3) is 0 Å². The Hall–Kier alpha value is -0.550. The van der Waals surface area contributed by atoms with Crippen molar-refractivity contribution in [3.63, 3.8) is 0 Å². The van der Waals surface area contributed by atoms with Crippen LogP contribution < -0.4 is 0 Å². The summed E-state index contributed by atoms with van der Waals surface area (Å²) in [4.78, 5) is 2.50. The van der Waals surface area contributed by atoms with E-state index in [0.29, 0.717) is 17.5 Å². The molecule has 0 aromatic rings. The molecule has 0 heterocycles. The summed E-state index contributed by atoms with van der Waals surface area (Å²) in [5, 5.41) is 9.49. The number of rotatable bonds is 6. The Morgan fingerprint density at radius 3 is 2.45 bits per heavy atom. The van der Waals surface area contributed by atoms with Crippen LogP contribution in [-0.4, -0.2) is 24.0 Å². The molecular weight excluding hydrogens is 244 g/mol. The molecule has 0 spiro atoms. The summed E-state index contributed by atoms with van der Waals surface area (Å²) in [7, 11) is 2.23. The first-order valence-electron chi connectivity index (χ1n) is 8.48. The minimum absolute atomic E-state index is 0.225. The van der Waals surface area contributed by atoms with Gasteiger partial charge in [-0.3, -0.25) is 4.90 Å². The first-order valence-corrected chi connectivity index (χ1v) is 8.48. The molecule has 0 aromatic carbocycles. The third kappa shape index (κ3) is 3.98. The quantitative estimate of drug-likeness (QED) is 0.694. The van der Waals surface area contributed by atoms with Crippen LogP contribution in [0.5, 0.6) is 0 Å². The fourth-order valence-corrected chi connectivity index (χ4v) is 3.69. The van der Waals surface area contributed by atoms with Crippen molar-refractivity contribution in [3.8, 4) is 6.07 Å². The van der Waals surface area contributed by atoms with Crippen LogP contribution in [0.1, 0.15) is 73.1 Å². The van der Waals surface area contributed by atoms with Crippen LogP contribution in [-0.2, 0) is 0 Å². The van der Waals surface area contributed by atoms with Crippen molar-refractivity contribution in [3.05, 3.63) is 0 Å². The summed E-state index contributed by atoms with van der Waals surface area (Å²) in [6.07, 6.45) is 7.19. The lowest BCUT2D eigenvalue weighted by molar-refractivity contribution is 0.0454. The summed E-state index contributed by atoms with van der Waals surface area (Å²) < 4.78 is 0. The van der Waals surface area contributed by atoms with Crippen LogP contribution in [0.4, 0.5) is 0 Å². The predicted octanol–water partition coefficient (Wildman–Crippen LogP) is 4.85. The Morgan fingerprint density at radius 2 is 1.95 bits per heavy atom. The zero-order valence-corrected chi connectivity index (χ0v) is 14.4. The third-order valence-corrected chi connectivity index (χ3v) is 5.92. The van der Waals surface area contributed by atoms with E-state index >= 15 is 0 Å². The molecule has 1 rings (SSSR count). The van der Waals surface area contributed by atoms with E-state index in [0.717, 1.165) is 12.3 Å². The minimum atomic E-state index is 0.225. The highest BCUT2D eigenvalue weighted by molar-refractivity contribution is 5.00. The Labute approximate surface area is 126 Å². The number of nitrogens with zero attached hydrogens (tertiary/aromatic N) is 2. The standard InChI is InChI=1S/C18H34N2/c1-7-9-14(3)20(6)17-12-16(18(4,5)8-2)11-10-15(17)13-19/h14-17H,7-12H2,1-6H3. The molecule has 2 nitrogen and oxygen atoms in total. The zero-order chi connectivity index (χ0) is 15.3. The molecule has 0 radical (unpaired) electrons. The summed E-state index contributed by atoms with van der Waals surface area (Å²) in [5.74, 6) is 0.988. The van der Waals surface area contributed by atoms with E-state index in [4.69, 9.17) is 0 Å². The molecule has 0 amide bonds. The van der Waals surface area contributed by atoms with Gasteiger partial charge in [-0.15, -0.1) is 0 Å². The van der Waals surface area contributed by atoms with Crippen molar-refractivity contribution in [2.45, 2.75) is 85.2 Å². The van der Waals surface area contributed by atoms with Crippen LogP contribution >= 0.6 is 0 Å². The smallest absolute Gasteiger partial charge is 0.0672 e. The van der Waals surface area contributed by atoms with Gasteiger partial charge in [-0.25, -0.2) is 0 Å². The minimum Gasteiger partial charge on any atom is -0.299 e. The van der Waals surface area contributed by atoms with E-state index in [1.807, 2.05) is 0 Å². The molecule has 4 unspecified atom stereocenters. The van der Waals surface area contributed by atoms with Gasteiger partial charge in [-0.2, -0.15) is 5.26 Å². The van der Waals surface area contributed by atoms with Gasteiger partial charge >= 0.3 is 0 Å². The van der Waals surface area contributed by atoms with Gasteiger partial charge in [0.05, 0.1) is 12.0 Å². The first kappa shape index (κ1) is 17.5. The molecule has 1 aliphatic carbocycles. The Morgan fingerprint density at radius 1 is 1.30 bits per heavy atom. The topological polar surface area (TPSA) is 27.0 Å². The highest BCUT2D eigenvalue weighted by atomic mass is 15.2. The molecule has 1 saturated carbocycles. The van der Waals surface area contributed by atoms with E-state index in [-0.39, 0.29) is 5.92 Å². The summed E-state index contributed by atoms with van der Waals surface area (Å²) >= 11 is 0. The van der Waals surface area contributed by atoms with Crippen molar-refractivity contribution >= 4 is 0 Å². The molecule has 20 heavy (non-hydrogen) atoms. The zero-order valence-electron chi connectivity index (χ0n) is 14.4. The first-order chi connectivity index (χ1) is 9.37. The van der Waals surface area contributed by atoms with Crippen molar-refractivity contribution in [2.75, 3.05) is 7.05 Å². The molecule has 4 atom stereocenters. The maximum Gasteiger partial charge on any atom is 0.0672 e. The van der Waals surface area contributed by atoms with Crippen LogP contribution in [0.15, 0.2) is 0 Å². The molecule has 116 valence electrons. The van der Waals surface area contributed by atoms with Crippen molar-refractivity contribution in [1.82, 2.24) is 4.90 Å². The number of hydrogen-bond donors (Lipinski definition) is 0. The molecular formula is C18H34N2. The second kappa shape index (κ2) is 7.46. The molecule has 0 saturated heterocycles. The second-order valence-electron chi connectivity index (χ2n) is 7.46. The van der Waals surface area contributed by atoms with Gasteiger partial charge in [0.15, 0.2) is 0 Å². The lowest BCUT2D eigenvalue weighted by atomic mass is 9.66. The van der Waals surface area contributed by atoms with E-state index in [2.05, 4.69) is 52.6 Å². The van der Waals surface area contributed by atoms with Gasteiger partial charge < -0.3 is 0 Å². The third-order valence-electron chi connectivity index (χ3n) is 5.92. The van der Waals surface area contributed by atoms with Gasteiger partial charge in [0.25, 0.3) is 0 Å². The van der Waals surface area contributed by atoms with E-state index in [9.17, 15) is 5.26 Å². The molecule has 0 bridgehead atoms. The fraction of sp³-hybridized carbons (Fsp3) is 0.944. The van der Waals surface area contributed by atoms with E-state index in [1.54, 1.807) is 0 Å². The van der Waals surface area contributed by atoms with E-state index in [1.165, 1.54) is 32.1 Å². The summed E-state index contributed by atoms with van der Waals surface area (Å²) in [5.41, 5.74) is 0.410. The summed E-state index contributed by atoms with van der Waals surface area (Å²) in [6, 6.07) is 3.62. The summed E-state index contributed by atoms with van der Waals surface area (Å²) in [6.45, 7) is 11.7. The van der Waals surface area contributed by atoms with Gasteiger partial charge in [0.2, 0.25) is 0 Å². The predicted molar refractivity (Wildman–Crippen MR) is 86.4 cm³/mol. The van der Waals surface area contributed by atoms with Gasteiger partial charge in [-0.05, 0) is 51.0 Å². The average Bonchev–Trinajstić information content (AvgIpc) is 2.45. The number of nitriles is 1. The molecule has 0 aliphatic heterocycles. The van der Waals surface area contributed by atoms with Crippen molar-refractivity contribution < 1.29 is 0 Å². The van der Waals surface area contributed by atoms with Crippen LogP contribution in [0.2, 0.25) is 0 Å². The molecule has 0 aromatic heterocycles. The largest absolute Gasteiger partial charge is 0.299 e. The fourth-order valence-electron chi connectivity index (χ4n) is 3.69. The Kier molecular flexibility index (Phi) is 6.52. The SMILES string of the molecule is CCCC(C)N(C)C1CC(C(C)(C)CC)CCC1C#N. The molecule has 1 fully saturated rings. The van der Waals surface area contributed by atoms with Crippen molar-refractivity contribution in [1.29, 1.82) is 5.26 Å². The number of hydrogen-bond acceptors (Lipinski definition) is 2. The Balaban J connectivity index is 2.81. The highest BCUT2D eigenvalue weighted by Crippen LogP contribution is 2.43. The van der Waals surface area contributed by atoms with Crippen LogP contribution in [0.3, 0.4) is 0 Å². The van der Waals surface area contributed by atoms with E-state index < -0.39 is 0 Å². The second-order valence-corrected chi connectivity index (χ2v) is 7.46. The monoisotopic (exact) mass is 278 g/mol. The molecule has 0 N–H and O–H groups in total. The average molecular weight is 278 g/mol. The normalized spacial score (nSPS) is 29.2. The van der Waals surface area contributed by atoms with Gasteiger partial charge in [-0.1, -0.05) is 40.5 Å². The maximum atomic E-state index is 9.49. The highest BCUT2D eigenvalue weighted by Gasteiger charge is 2.39. The maximum absolute atomic E-state index is 9.49. The lowest BCUT2D eigenvalue weighted by Gasteiger charge is -2.45. The molecule has 2 heteroatoms. The Bertz CT molecular complexity index is 329. The van der Waals surface area contributed by atoms with Crippen LogP contribution in [0, 0.1) is 28.6 Å². The molecule has 1 aliphatic rings. The lowest BCUT2D eigenvalue weighted by Crippen LogP contribution is -2.47. The van der Waals surface area contributed by atoms with Crippen molar-refractivity contribution in [2.24, 2.45) is 17.3 Å². The van der Waals surface area contributed by atoms with Gasteiger partial charge in [0.1, 0.15) is 0 Å².